The lowest BCUT2D eigenvalue weighted by Crippen LogP contribution is -2.42. The van der Waals surface area contributed by atoms with E-state index in [0.717, 1.165) is 25.7 Å². The van der Waals surface area contributed by atoms with E-state index in [1.165, 1.54) is 0 Å². The van der Waals surface area contributed by atoms with E-state index in [0.29, 0.717) is 31.7 Å². The molecule has 0 spiro atoms. The van der Waals surface area contributed by atoms with Crippen LogP contribution in [-0.2, 0) is 27.6 Å². The summed E-state index contributed by atoms with van der Waals surface area (Å²) in [6, 6.07) is 0.666. The lowest BCUT2D eigenvalue weighted by Gasteiger charge is -2.24. The molecule has 0 amide bonds. The van der Waals surface area contributed by atoms with Gasteiger partial charge in [0.1, 0.15) is 5.78 Å². The number of hydrogen-bond donors (Lipinski definition) is 0. The fourth-order valence-electron chi connectivity index (χ4n) is 2.22. The second kappa shape index (κ2) is 13.7. The first kappa shape index (κ1) is 22.2. The molecule has 0 heterocycles. The Balaban J connectivity index is 3.70. The largest absolute Gasteiger partial charge is 0.500 e. The fourth-order valence-corrected chi connectivity index (χ4v) is 4.01. The Morgan fingerprint density at radius 1 is 0.826 bits per heavy atom. The average molecular weight is 349 g/mol. The van der Waals surface area contributed by atoms with E-state index in [1.54, 1.807) is 21.3 Å². The molecule has 0 atom stereocenters. The van der Waals surface area contributed by atoms with Gasteiger partial charge in [-0.05, 0) is 19.3 Å². The molecular weight excluding hydrogens is 316 g/mol. The number of ether oxygens (including phenoxy) is 1. The van der Waals surface area contributed by atoms with Gasteiger partial charge in [0.25, 0.3) is 0 Å². The summed E-state index contributed by atoms with van der Waals surface area (Å²) >= 11 is 0. The van der Waals surface area contributed by atoms with Crippen molar-refractivity contribution in [3.8, 4) is 0 Å². The normalized spacial score (nSPS) is 11.5. The van der Waals surface area contributed by atoms with Crippen LogP contribution in [0.5, 0.6) is 0 Å². The van der Waals surface area contributed by atoms with Gasteiger partial charge in [0.05, 0.1) is 6.61 Å². The zero-order valence-electron chi connectivity index (χ0n) is 15.0. The average Bonchev–Trinajstić information content (AvgIpc) is 2.56. The highest BCUT2D eigenvalue weighted by Crippen LogP contribution is 2.17. The van der Waals surface area contributed by atoms with Gasteiger partial charge in [0.2, 0.25) is 0 Å². The van der Waals surface area contributed by atoms with Gasteiger partial charge in [-0.2, -0.15) is 0 Å². The second-order valence-electron chi connectivity index (χ2n) is 5.47. The summed E-state index contributed by atoms with van der Waals surface area (Å²) in [4.78, 5) is 23.1. The molecule has 0 unspecified atom stereocenters. The smallest absolute Gasteiger partial charge is 0.465 e. The number of ketones is 1. The van der Waals surface area contributed by atoms with Crippen LogP contribution in [0.4, 0.5) is 0 Å². The number of unbranched alkanes of at least 4 members (excludes halogenated alkanes) is 3. The van der Waals surface area contributed by atoms with Gasteiger partial charge >= 0.3 is 14.8 Å². The number of Topliss-reactive ketones (excluding diaryl/α,β-unsaturated/α-hetero) is 1. The van der Waals surface area contributed by atoms with Crippen molar-refractivity contribution < 1.29 is 27.6 Å². The van der Waals surface area contributed by atoms with E-state index in [2.05, 4.69) is 6.92 Å². The molecule has 0 aromatic carbocycles. The van der Waals surface area contributed by atoms with Crippen LogP contribution in [0.25, 0.3) is 0 Å². The molecule has 0 fully saturated rings. The summed E-state index contributed by atoms with van der Waals surface area (Å²) in [6.07, 6.45) is 5.80. The van der Waals surface area contributed by atoms with Crippen molar-refractivity contribution >= 4 is 20.6 Å². The number of rotatable bonds is 15. The predicted molar refractivity (Wildman–Crippen MR) is 90.2 cm³/mol. The minimum Gasteiger partial charge on any atom is -0.465 e. The Labute approximate surface area is 141 Å². The molecule has 0 saturated heterocycles. The van der Waals surface area contributed by atoms with Crippen LogP contribution in [0, 0.1) is 0 Å². The topological polar surface area (TPSA) is 71.1 Å². The van der Waals surface area contributed by atoms with Crippen molar-refractivity contribution in [1.29, 1.82) is 0 Å². The number of hydrogen-bond acceptors (Lipinski definition) is 6. The van der Waals surface area contributed by atoms with E-state index < -0.39 is 8.80 Å². The van der Waals surface area contributed by atoms with Crippen molar-refractivity contribution in [2.24, 2.45) is 0 Å². The molecule has 0 radical (unpaired) electrons. The molecule has 6 nitrogen and oxygen atoms in total. The Morgan fingerprint density at radius 3 is 2.00 bits per heavy atom. The van der Waals surface area contributed by atoms with Gasteiger partial charge in [-0.3, -0.25) is 9.59 Å². The molecule has 0 N–H and O–H groups in total. The van der Waals surface area contributed by atoms with Crippen LogP contribution < -0.4 is 0 Å². The third-order valence-corrected chi connectivity index (χ3v) is 6.58. The van der Waals surface area contributed by atoms with Crippen LogP contribution in [0.3, 0.4) is 0 Å². The molecule has 0 aliphatic heterocycles. The SMILES string of the molecule is CCCCCC(=O)CCOC(=O)CCCC[Si](OC)(OC)OC. The molecule has 0 bridgehead atoms. The van der Waals surface area contributed by atoms with Crippen LogP contribution in [-0.4, -0.2) is 48.5 Å². The summed E-state index contributed by atoms with van der Waals surface area (Å²) in [5, 5.41) is 0. The van der Waals surface area contributed by atoms with Crippen molar-refractivity contribution in [3.05, 3.63) is 0 Å². The van der Waals surface area contributed by atoms with Crippen molar-refractivity contribution in [3.63, 3.8) is 0 Å². The Morgan fingerprint density at radius 2 is 1.43 bits per heavy atom. The Hall–Kier alpha value is -0.763. The van der Waals surface area contributed by atoms with Crippen molar-refractivity contribution in [2.75, 3.05) is 27.9 Å². The maximum Gasteiger partial charge on any atom is 0.500 e. The highest BCUT2D eigenvalue weighted by Gasteiger charge is 2.36. The molecule has 0 rings (SSSR count). The summed E-state index contributed by atoms with van der Waals surface area (Å²) in [7, 11) is 2.18. The highest BCUT2D eigenvalue weighted by molar-refractivity contribution is 6.60. The van der Waals surface area contributed by atoms with E-state index in [-0.39, 0.29) is 18.4 Å². The molecule has 0 saturated carbocycles. The van der Waals surface area contributed by atoms with Gasteiger partial charge in [-0.25, -0.2) is 0 Å². The summed E-state index contributed by atoms with van der Waals surface area (Å²) < 4.78 is 21.0. The van der Waals surface area contributed by atoms with Gasteiger partial charge in [-0.1, -0.05) is 19.8 Å². The zero-order chi connectivity index (χ0) is 17.6. The van der Waals surface area contributed by atoms with Gasteiger partial charge in [0, 0.05) is 46.6 Å². The molecule has 0 aliphatic rings. The first-order chi connectivity index (χ1) is 11.0. The minimum atomic E-state index is -2.54. The van der Waals surface area contributed by atoms with E-state index in [9.17, 15) is 9.59 Å². The monoisotopic (exact) mass is 348 g/mol. The summed E-state index contributed by atoms with van der Waals surface area (Å²) in [5.74, 6) is -0.0896. The van der Waals surface area contributed by atoms with Gasteiger partial charge < -0.3 is 18.0 Å². The molecule has 0 aliphatic carbocycles. The third kappa shape index (κ3) is 10.6. The number of carbonyl (C=O) groups excluding carboxylic acids is 2. The van der Waals surface area contributed by atoms with Gasteiger partial charge in [-0.15, -0.1) is 0 Å². The highest BCUT2D eigenvalue weighted by atomic mass is 28.4. The first-order valence-corrected chi connectivity index (χ1v) is 10.3. The summed E-state index contributed by atoms with van der Waals surface area (Å²) in [5.41, 5.74) is 0. The van der Waals surface area contributed by atoms with Crippen molar-refractivity contribution in [1.82, 2.24) is 0 Å². The molecule has 0 aromatic heterocycles. The molecule has 7 heteroatoms. The lowest BCUT2D eigenvalue weighted by atomic mass is 10.1. The lowest BCUT2D eigenvalue weighted by molar-refractivity contribution is -0.144. The molecule has 23 heavy (non-hydrogen) atoms. The van der Waals surface area contributed by atoms with Crippen LogP contribution >= 0.6 is 0 Å². The van der Waals surface area contributed by atoms with E-state index in [4.69, 9.17) is 18.0 Å². The predicted octanol–water partition coefficient (Wildman–Crippen LogP) is 3.12. The van der Waals surface area contributed by atoms with Crippen LogP contribution in [0.1, 0.15) is 58.3 Å². The minimum absolute atomic E-state index is 0.169. The Bertz CT molecular complexity index is 322. The number of carbonyl (C=O) groups is 2. The standard InChI is InChI=1S/C16H32O6Si/c1-5-6-7-10-15(17)12-13-22-16(18)11-8-9-14-23(19-2,20-3)21-4/h5-14H2,1-4H3. The summed E-state index contributed by atoms with van der Waals surface area (Å²) in [6.45, 7) is 2.29. The fraction of sp³-hybridized carbons (Fsp3) is 0.875. The third-order valence-electron chi connectivity index (χ3n) is 3.75. The quantitative estimate of drug-likeness (QED) is 0.257. The molecule has 0 aromatic rings. The van der Waals surface area contributed by atoms with Crippen LogP contribution in [0.2, 0.25) is 6.04 Å². The molecule has 136 valence electrons. The first-order valence-electron chi connectivity index (χ1n) is 8.36. The van der Waals surface area contributed by atoms with Crippen molar-refractivity contribution in [2.45, 2.75) is 64.3 Å². The van der Waals surface area contributed by atoms with Crippen LogP contribution in [0.15, 0.2) is 0 Å². The van der Waals surface area contributed by atoms with E-state index >= 15 is 0 Å². The van der Waals surface area contributed by atoms with E-state index in [1.807, 2.05) is 0 Å². The number of esters is 1. The second-order valence-corrected chi connectivity index (χ2v) is 8.56. The maximum atomic E-state index is 11.6. The maximum absolute atomic E-state index is 11.6. The van der Waals surface area contributed by atoms with Gasteiger partial charge in [0.15, 0.2) is 0 Å². The Kier molecular flexibility index (Phi) is 13.2. The molecular formula is C16H32O6Si. The zero-order valence-corrected chi connectivity index (χ0v) is 16.0.